The summed E-state index contributed by atoms with van der Waals surface area (Å²) in [6, 6.07) is 13.3. The van der Waals surface area contributed by atoms with E-state index in [0.29, 0.717) is 11.3 Å². The lowest BCUT2D eigenvalue weighted by molar-refractivity contribution is 0.122. The number of hydrogen-bond donors (Lipinski definition) is 0. The van der Waals surface area contributed by atoms with Gasteiger partial charge in [-0.1, -0.05) is 58.9 Å². The molecule has 0 amide bonds. The van der Waals surface area contributed by atoms with Crippen LogP contribution in [0.3, 0.4) is 0 Å². The van der Waals surface area contributed by atoms with Gasteiger partial charge < -0.3 is 4.74 Å². The van der Waals surface area contributed by atoms with Crippen molar-refractivity contribution in [2.24, 2.45) is 17.3 Å². The van der Waals surface area contributed by atoms with Crippen LogP contribution < -0.4 is 4.74 Å². The number of fused-ring (bicyclic) bond motifs is 1. The average Bonchev–Trinajstić information content (AvgIpc) is 2.59. The van der Waals surface area contributed by atoms with Crippen molar-refractivity contribution in [3.05, 3.63) is 42.0 Å². The lowest BCUT2D eigenvalue weighted by atomic mass is 9.70. The van der Waals surface area contributed by atoms with E-state index in [-0.39, 0.29) is 0 Å². The van der Waals surface area contributed by atoms with Gasteiger partial charge in [-0.05, 0) is 77.3 Å². The third-order valence-electron chi connectivity index (χ3n) is 6.06. The van der Waals surface area contributed by atoms with Crippen LogP contribution in [0.15, 0.2) is 36.4 Å². The molecule has 1 saturated carbocycles. The normalized spacial score (nSPS) is 21.7. The SMILES string of the molecule is CC(C)c1ccc2cc(OCC3CCC(C(C)(C)C)CC3)ccc2c1. The van der Waals surface area contributed by atoms with Gasteiger partial charge in [-0.2, -0.15) is 0 Å². The number of ether oxygens (including phenoxy) is 1. The summed E-state index contributed by atoms with van der Waals surface area (Å²) in [4.78, 5) is 0. The van der Waals surface area contributed by atoms with Crippen LogP contribution in [0.4, 0.5) is 0 Å². The highest BCUT2D eigenvalue weighted by atomic mass is 16.5. The van der Waals surface area contributed by atoms with Crippen LogP contribution in [0.25, 0.3) is 10.8 Å². The van der Waals surface area contributed by atoms with Gasteiger partial charge in [0.05, 0.1) is 6.61 Å². The molecule has 0 bridgehead atoms. The second-order valence-corrected chi connectivity index (χ2v) is 9.32. The molecule has 1 nitrogen and oxygen atoms in total. The summed E-state index contributed by atoms with van der Waals surface area (Å²) in [5.41, 5.74) is 1.86. The maximum Gasteiger partial charge on any atom is 0.119 e. The van der Waals surface area contributed by atoms with Gasteiger partial charge in [0, 0.05) is 0 Å². The Balaban J connectivity index is 1.58. The van der Waals surface area contributed by atoms with Crippen LogP contribution in [0.2, 0.25) is 0 Å². The zero-order valence-corrected chi connectivity index (χ0v) is 16.6. The van der Waals surface area contributed by atoms with Gasteiger partial charge in [-0.15, -0.1) is 0 Å². The fraction of sp³-hybridized carbons (Fsp3) is 0.583. The third-order valence-corrected chi connectivity index (χ3v) is 6.06. The van der Waals surface area contributed by atoms with Crippen molar-refractivity contribution in [2.75, 3.05) is 6.61 Å². The van der Waals surface area contributed by atoms with Crippen molar-refractivity contribution in [2.45, 2.75) is 66.2 Å². The molecule has 0 N–H and O–H groups in total. The first-order chi connectivity index (χ1) is 11.8. The van der Waals surface area contributed by atoms with Gasteiger partial charge in [0.25, 0.3) is 0 Å². The summed E-state index contributed by atoms with van der Waals surface area (Å²) in [5.74, 6) is 3.18. The van der Waals surface area contributed by atoms with Gasteiger partial charge in [0.15, 0.2) is 0 Å². The summed E-state index contributed by atoms with van der Waals surface area (Å²) in [5, 5.41) is 2.59. The molecule has 0 heterocycles. The largest absolute Gasteiger partial charge is 0.493 e. The van der Waals surface area contributed by atoms with Crippen LogP contribution in [0.5, 0.6) is 5.75 Å². The van der Waals surface area contributed by atoms with E-state index in [1.807, 2.05) is 0 Å². The zero-order valence-electron chi connectivity index (χ0n) is 16.6. The van der Waals surface area contributed by atoms with Gasteiger partial charge in [-0.25, -0.2) is 0 Å². The maximum absolute atomic E-state index is 6.15. The minimum Gasteiger partial charge on any atom is -0.493 e. The van der Waals surface area contributed by atoms with E-state index in [4.69, 9.17) is 4.74 Å². The van der Waals surface area contributed by atoms with Crippen molar-refractivity contribution in [3.63, 3.8) is 0 Å². The Morgan fingerprint density at radius 2 is 1.56 bits per heavy atom. The Bertz CT molecular complexity index is 700. The van der Waals surface area contributed by atoms with Crippen molar-refractivity contribution in [1.29, 1.82) is 0 Å². The van der Waals surface area contributed by atoms with Crippen LogP contribution in [-0.4, -0.2) is 6.61 Å². The van der Waals surface area contributed by atoms with E-state index >= 15 is 0 Å². The molecule has 0 spiro atoms. The molecular formula is C24H34O. The first kappa shape index (κ1) is 18.3. The van der Waals surface area contributed by atoms with E-state index in [1.165, 1.54) is 42.0 Å². The van der Waals surface area contributed by atoms with Crippen molar-refractivity contribution >= 4 is 10.8 Å². The van der Waals surface area contributed by atoms with Crippen molar-refractivity contribution in [1.82, 2.24) is 0 Å². The van der Waals surface area contributed by atoms with Crippen molar-refractivity contribution in [3.8, 4) is 5.75 Å². The second-order valence-electron chi connectivity index (χ2n) is 9.32. The zero-order chi connectivity index (χ0) is 18.0. The molecule has 1 fully saturated rings. The Morgan fingerprint density at radius 3 is 2.20 bits per heavy atom. The Kier molecular flexibility index (Phi) is 5.41. The molecule has 1 heteroatoms. The molecule has 0 atom stereocenters. The maximum atomic E-state index is 6.15. The molecular weight excluding hydrogens is 304 g/mol. The summed E-state index contributed by atoms with van der Waals surface area (Å²) in [6.07, 6.45) is 5.33. The minimum absolute atomic E-state index is 0.457. The highest BCUT2D eigenvalue weighted by Gasteiger charge is 2.29. The first-order valence-corrected chi connectivity index (χ1v) is 9.99. The molecule has 0 aliphatic heterocycles. The van der Waals surface area contributed by atoms with Gasteiger partial charge in [0.1, 0.15) is 5.75 Å². The minimum atomic E-state index is 0.457. The van der Waals surface area contributed by atoms with Crippen molar-refractivity contribution < 1.29 is 4.74 Å². The summed E-state index contributed by atoms with van der Waals surface area (Å²) in [7, 11) is 0. The van der Waals surface area contributed by atoms with E-state index < -0.39 is 0 Å². The van der Waals surface area contributed by atoms with Crippen LogP contribution >= 0.6 is 0 Å². The molecule has 25 heavy (non-hydrogen) atoms. The molecule has 0 unspecified atom stereocenters. The Hall–Kier alpha value is -1.50. The molecule has 0 saturated heterocycles. The second kappa shape index (κ2) is 7.40. The molecule has 0 radical (unpaired) electrons. The number of rotatable bonds is 4. The van der Waals surface area contributed by atoms with E-state index in [0.717, 1.165) is 24.2 Å². The summed E-state index contributed by atoms with van der Waals surface area (Å²) < 4.78 is 6.15. The Labute approximate surface area is 153 Å². The number of benzene rings is 2. The lowest BCUT2D eigenvalue weighted by Gasteiger charge is -2.36. The molecule has 0 aromatic heterocycles. The molecule has 1 aliphatic rings. The highest BCUT2D eigenvalue weighted by Crippen LogP contribution is 2.40. The van der Waals surface area contributed by atoms with Gasteiger partial charge in [0.2, 0.25) is 0 Å². The van der Waals surface area contributed by atoms with Gasteiger partial charge >= 0.3 is 0 Å². The van der Waals surface area contributed by atoms with Gasteiger partial charge in [-0.3, -0.25) is 0 Å². The topological polar surface area (TPSA) is 9.23 Å². The summed E-state index contributed by atoms with van der Waals surface area (Å²) >= 11 is 0. The molecule has 3 rings (SSSR count). The summed E-state index contributed by atoms with van der Waals surface area (Å²) in [6.45, 7) is 12.5. The average molecular weight is 339 g/mol. The molecule has 2 aromatic rings. The lowest BCUT2D eigenvalue weighted by Crippen LogP contribution is -2.27. The smallest absolute Gasteiger partial charge is 0.119 e. The first-order valence-electron chi connectivity index (χ1n) is 9.99. The third kappa shape index (κ3) is 4.57. The fourth-order valence-electron chi connectivity index (χ4n) is 4.10. The molecule has 2 aromatic carbocycles. The van der Waals surface area contributed by atoms with E-state index in [1.54, 1.807) is 0 Å². The fourth-order valence-corrected chi connectivity index (χ4v) is 4.10. The molecule has 136 valence electrons. The Morgan fingerprint density at radius 1 is 0.920 bits per heavy atom. The predicted molar refractivity (Wildman–Crippen MR) is 108 cm³/mol. The predicted octanol–water partition coefficient (Wildman–Crippen LogP) is 7.19. The van der Waals surface area contributed by atoms with Crippen LogP contribution in [-0.2, 0) is 0 Å². The molecule has 1 aliphatic carbocycles. The van der Waals surface area contributed by atoms with E-state index in [2.05, 4.69) is 71.0 Å². The number of hydrogen-bond acceptors (Lipinski definition) is 1. The van der Waals surface area contributed by atoms with E-state index in [9.17, 15) is 0 Å². The van der Waals surface area contributed by atoms with Crippen LogP contribution in [0.1, 0.15) is 71.8 Å². The highest BCUT2D eigenvalue weighted by molar-refractivity contribution is 5.84. The quantitative estimate of drug-likeness (QED) is 0.573. The van der Waals surface area contributed by atoms with Crippen LogP contribution in [0, 0.1) is 17.3 Å². The standard InChI is InChI=1S/C24H34O/c1-17(2)19-8-9-21-15-23(13-10-20(21)14-19)25-16-18-6-11-22(12-7-18)24(3,4)5/h8-10,13-15,17-18,22H,6-7,11-12,16H2,1-5H3. The monoisotopic (exact) mass is 338 g/mol.